The van der Waals surface area contributed by atoms with Crippen LogP contribution in [0.25, 0.3) is 0 Å². The maximum Gasteiger partial charge on any atom is 0.123 e. The minimum atomic E-state index is 0.167. The first-order chi connectivity index (χ1) is 9.20. The van der Waals surface area contributed by atoms with Crippen molar-refractivity contribution in [2.75, 3.05) is 13.2 Å². The quantitative estimate of drug-likeness (QED) is 0.752. The average Bonchev–Trinajstić information content (AvgIpc) is 2.31. The second kappa shape index (κ2) is 7.33. The number of hydrogen-bond acceptors (Lipinski definition) is 2. The molecule has 1 rings (SSSR count). The van der Waals surface area contributed by atoms with E-state index in [1.165, 1.54) is 5.56 Å². The average molecular weight is 298 g/mol. The molecule has 1 aromatic carbocycles. The number of benzene rings is 1. The molecule has 0 unspecified atom stereocenters. The highest BCUT2D eigenvalue weighted by Crippen LogP contribution is 2.32. The van der Waals surface area contributed by atoms with Crippen LogP contribution >= 0.6 is 11.6 Å². The van der Waals surface area contributed by atoms with Crippen molar-refractivity contribution in [3.63, 3.8) is 0 Å². The van der Waals surface area contributed by atoms with Crippen LogP contribution in [0.4, 0.5) is 0 Å². The Bertz CT molecular complexity index is 435. The van der Waals surface area contributed by atoms with E-state index in [2.05, 4.69) is 46.0 Å². The molecule has 3 heteroatoms. The van der Waals surface area contributed by atoms with Crippen molar-refractivity contribution in [3.05, 3.63) is 28.3 Å². The lowest BCUT2D eigenvalue weighted by molar-refractivity contribution is 0.294. The largest absolute Gasteiger partial charge is 0.493 e. The zero-order valence-electron chi connectivity index (χ0n) is 13.6. The van der Waals surface area contributed by atoms with Crippen molar-refractivity contribution < 1.29 is 4.74 Å². The van der Waals surface area contributed by atoms with E-state index >= 15 is 0 Å². The molecule has 0 spiro atoms. The molecule has 0 aliphatic rings. The Morgan fingerprint density at radius 3 is 2.45 bits per heavy atom. The number of aryl methyl sites for hydroxylation is 1. The molecule has 0 heterocycles. The Morgan fingerprint density at radius 1 is 1.25 bits per heavy atom. The molecule has 1 N–H and O–H groups in total. The van der Waals surface area contributed by atoms with Crippen molar-refractivity contribution in [3.8, 4) is 5.75 Å². The molecule has 0 aliphatic carbocycles. The standard InChI is InChI=1S/C17H28ClNO/c1-12(2)14-11-15(18)13(3)10-16(14)20-9-7-8-19-17(4,5)6/h10-12,19H,7-9H2,1-6H3. The van der Waals surface area contributed by atoms with Crippen LogP contribution in [0.1, 0.15) is 58.1 Å². The van der Waals surface area contributed by atoms with Crippen LogP contribution in [0.5, 0.6) is 5.75 Å². The molecule has 1 aromatic rings. The number of ether oxygens (including phenoxy) is 1. The van der Waals surface area contributed by atoms with Crippen molar-refractivity contribution in [1.82, 2.24) is 5.32 Å². The molecule has 0 radical (unpaired) electrons. The summed E-state index contributed by atoms with van der Waals surface area (Å²) < 4.78 is 5.95. The Labute approximate surface area is 128 Å². The summed E-state index contributed by atoms with van der Waals surface area (Å²) in [5.74, 6) is 1.38. The van der Waals surface area contributed by atoms with Gasteiger partial charge in [0.25, 0.3) is 0 Å². The summed E-state index contributed by atoms with van der Waals surface area (Å²) in [6, 6.07) is 4.08. The zero-order valence-corrected chi connectivity index (χ0v) is 14.4. The van der Waals surface area contributed by atoms with Gasteiger partial charge in [0.1, 0.15) is 5.75 Å². The smallest absolute Gasteiger partial charge is 0.123 e. The van der Waals surface area contributed by atoms with Gasteiger partial charge >= 0.3 is 0 Å². The lowest BCUT2D eigenvalue weighted by atomic mass is 10.0. The van der Waals surface area contributed by atoms with Crippen LogP contribution in [-0.2, 0) is 0 Å². The van der Waals surface area contributed by atoms with Crippen molar-refractivity contribution >= 4 is 11.6 Å². The maximum absolute atomic E-state index is 6.20. The van der Waals surface area contributed by atoms with Crippen molar-refractivity contribution in [2.45, 2.75) is 59.4 Å². The molecule has 2 nitrogen and oxygen atoms in total. The normalized spacial score (nSPS) is 12.0. The molecule has 0 bridgehead atoms. The highest BCUT2D eigenvalue weighted by atomic mass is 35.5. The van der Waals surface area contributed by atoms with E-state index in [1.807, 2.05) is 13.0 Å². The van der Waals surface area contributed by atoms with Gasteiger partial charge in [-0.1, -0.05) is 25.4 Å². The highest BCUT2D eigenvalue weighted by Gasteiger charge is 2.11. The Balaban J connectivity index is 2.57. The molecular weight excluding hydrogens is 270 g/mol. The summed E-state index contributed by atoms with van der Waals surface area (Å²) in [5, 5.41) is 4.28. The second-order valence-electron chi connectivity index (χ2n) is 6.67. The van der Waals surface area contributed by atoms with Gasteiger partial charge < -0.3 is 10.1 Å². The van der Waals surface area contributed by atoms with Crippen LogP contribution in [0.2, 0.25) is 5.02 Å². The Hall–Kier alpha value is -0.730. The maximum atomic E-state index is 6.20. The predicted octanol–water partition coefficient (Wildman–Crippen LogP) is 4.93. The topological polar surface area (TPSA) is 21.3 Å². The number of hydrogen-bond donors (Lipinski definition) is 1. The van der Waals surface area contributed by atoms with Gasteiger partial charge in [0.2, 0.25) is 0 Å². The van der Waals surface area contributed by atoms with Gasteiger partial charge in [-0.3, -0.25) is 0 Å². The summed E-state index contributed by atoms with van der Waals surface area (Å²) in [7, 11) is 0. The Morgan fingerprint density at radius 2 is 1.90 bits per heavy atom. The molecule has 0 aliphatic heterocycles. The lowest BCUT2D eigenvalue weighted by Gasteiger charge is -2.21. The predicted molar refractivity (Wildman–Crippen MR) is 88.1 cm³/mol. The summed E-state index contributed by atoms with van der Waals surface area (Å²) in [4.78, 5) is 0. The summed E-state index contributed by atoms with van der Waals surface area (Å²) in [5.41, 5.74) is 2.42. The van der Waals surface area contributed by atoms with Gasteiger partial charge in [0.15, 0.2) is 0 Å². The first kappa shape index (κ1) is 17.3. The molecule has 20 heavy (non-hydrogen) atoms. The number of nitrogens with one attached hydrogen (secondary N) is 1. The van der Waals surface area contributed by atoms with Crippen LogP contribution in [0.3, 0.4) is 0 Å². The second-order valence-corrected chi connectivity index (χ2v) is 7.08. The third kappa shape index (κ3) is 5.72. The van der Waals surface area contributed by atoms with E-state index in [1.54, 1.807) is 0 Å². The fraction of sp³-hybridized carbons (Fsp3) is 0.647. The minimum absolute atomic E-state index is 0.167. The highest BCUT2D eigenvalue weighted by molar-refractivity contribution is 6.31. The molecule has 0 saturated heterocycles. The van der Waals surface area contributed by atoms with Crippen LogP contribution < -0.4 is 10.1 Å². The van der Waals surface area contributed by atoms with Gasteiger partial charge in [-0.2, -0.15) is 0 Å². The van der Waals surface area contributed by atoms with E-state index in [4.69, 9.17) is 16.3 Å². The van der Waals surface area contributed by atoms with Gasteiger partial charge in [-0.25, -0.2) is 0 Å². The van der Waals surface area contributed by atoms with Gasteiger partial charge in [-0.15, -0.1) is 0 Å². The first-order valence-corrected chi connectivity index (χ1v) is 7.76. The summed E-state index contributed by atoms with van der Waals surface area (Å²) >= 11 is 6.20. The van der Waals surface area contributed by atoms with E-state index in [-0.39, 0.29) is 5.54 Å². The zero-order chi connectivity index (χ0) is 15.3. The summed E-state index contributed by atoms with van der Waals surface area (Å²) in [6.45, 7) is 14.6. The number of rotatable bonds is 6. The molecule has 0 atom stereocenters. The molecule has 114 valence electrons. The van der Waals surface area contributed by atoms with Crippen LogP contribution in [0.15, 0.2) is 12.1 Å². The monoisotopic (exact) mass is 297 g/mol. The van der Waals surface area contributed by atoms with E-state index in [9.17, 15) is 0 Å². The third-order valence-electron chi connectivity index (χ3n) is 3.15. The first-order valence-electron chi connectivity index (χ1n) is 7.38. The molecule has 0 amide bonds. The molecular formula is C17H28ClNO. The van der Waals surface area contributed by atoms with Gasteiger partial charge in [-0.05, 0) is 69.8 Å². The van der Waals surface area contributed by atoms with Crippen LogP contribution in [0, 0.1) is 6.92 Å². The third-order valence-corrected chi connectivity index (χ3v) is 3.55. The van der Waals surface area contributed by atoms with Gasteiger partial charge in [0.05, 0.1) is 6.61 Å². The van der Waals surface area contributed by atoms with E-state index < -0.39 is 0 Å². The molecule has 0 aromatic heterocycles. The van der Waals surface area contributed by atoms with E-state index in [0.29, 0.717) is 5.92 Å². The van der Waals surface area contributed by atoms with Crippen molar-refractivity contribution in [1.29, 1.82) is 0 Å². The number of halogens is 1. The minimum Gasteiger partial charge on any atom is -0.493 e. The van der Waals surface area contributed by atoms with Gasteiger partial charge in [0, 0.05) is 10.6 Å². The molecule has 0 saturated carbocycles. The lowest BCUT2D eigenvalue weighted by Crippen LogP contribution is -2.36. The van der Waals surface area contributed by atoms with Crippen LogP contribution in [-0.4, -0.2) is 18.7 Å². The molecule has 0 fully saturated rings. The fourth-order valence-corrected chi connectivity index (χ4v) is 2.14. The summed E-state index contributed by atoms with van der Waals surface area (Å²) in [6.07, 6.45) is 0.997. The fourth-order valence-electron chi connectivity index (χ4n) is 1.96. The van der Waals surface area contributed by atoms with Crippen molar-refractivity contribution in [2.24, 2.45) is 0 Å². The Kier molecular flexibility index (Phi) is 6.35. The SMILES string of the molecule is Cc1cc(OCCCNC(C)(C)C)c(C(C)C)cc1Cl. The van der Waals surface area contributed by atoms with E-state index in [0.717, 1.165) is 35.9 Å².